The molecule has 1 heterocycles. The number of rotatable bonds is 9. The van der Waals surface area contributed by atoms with Crippen LogP contribution in [-0.4, -0.2) is 57.8 Å². The van der Waals surface area contributed by atoms with Gasteiger partial charge in [0.1, 0.15) is 5.75 Å². The van der Waals surface area contributed by atoms with Gasteiger partial charge in [0.15, 0.2) is 0 Å². The monoisotopic (exact) mass is 450 g/mol. The minimum Gasteiger partial charge on any atom is -0.495 e. The maximum Gasteiger partial charge on any atom is 0.243 e. The average Bonchev–Trinajstić information content (AvgIpc) is 2.78. The van der Waals surface area contributed by atoms with Gasteiger partial charge in [-0.15, -0.1) is 11.8 Å². The van der Waals surface area contributed by atoms with E-state index < -0.39 is 10.0 Å². The van der Waals surface area contributed by atoms with E-state index in [0.717, 1.165) is 5.75 Å². The second-order valence-corrected chi connectivity index (χ2v) is 9.80. The van der Waals surface area contributed by atoms with Crippen LogP contribution in [0.25, 0.3) is 0 Å². The summed E-state index contributed by atoms with van der Waals surface area (Å²) in [4.78, 5) is 13.7. The summed E-state index contributed by atoms with van der Waals surface area (Å²) in [5.41, 5.74) is 0.354. The third-order valence-corrected chi connectivity index (χ3v) is 7.61. The summed E-state index contributed by atoms with van der Waals surface area (Å²) in [6.07, 6.45) is 1.04. The molecule has 1 saturated heterocycles. The molecule has 0 unspecified atom stereocenters. The van der Waals surface area contributed by atoms with Gasteiger partial charge < -0.3 is 14.8 Å². The molecule has 30 heavy (non-hydrogen) atoms. The Morgan fingerprint density at radius 2 is 1.90 bits per heavy atom. The molecule has 0 aliphatic carbocycles. The maximum absolute atomic E-state index is 12.9. The lowest BCUT2D eigenvalue weighted by molar-refractivity contribution is -0.116. The van der Waals surface area contributed by atoms with Crippen LogP contribution in [-0.2, 0) is 19.6 Å². The van der Waals surface area contributed by atoms with Crippen molar-refractivity contribution in [2.45, 2.75) is 22.6 Å². The first kappa shape index (κ1) is 22.6. The van der Waals surface area contributed by atoms with Crippen molar-refractivity contribution in [3.63, 3.8) is 0 Å². The Labute approximate surface area is 181 Å². The van der Waals surface area contributed by atoms with Crippen LogP contribution in [0.3, 0.4) is 0 Å². The van der Waals surface area contributed by atoms with E-state index in [1.165, 1.54) is 28.4 Å². The third-order valence-electron chi connectivity index (χ3n) is 4.61. The number of amides is 1. The summed E-state index contributed by atoms with van der Waals surface area (Å²) in [7, 11) is -2.17. The third kappa shape index (κ3) is 5.98. The zero-order valence-electron chi connectivity index (χ0n) is 16.9. The quantitative estimate of drug-likeness (QED) is 0.466. The Hall–Kier alpha value is -2.07. The van der Waals surface area contributed by atoms with Gasteiger partial charge in [0.25, 0.3) is 0 Å². The fourth-order valence-electron chi connectivity index (χ4n) is 3.03. The molecule has 0 bridgehead atoms. The average molecular weight is 451 g/mol. The molecule has 0 atom stereocenters. The van der Waals surface area contributed by atoms with Gasteiger partial charge in [0, 0.05) is 24.4 Å². The molecular weight excluding hydrogens is 424 g/mol. The highest BCUT2D eigenvalue weighted by molar-refractivity contribution is 7.99. The fraction of sp³-hybridized carbons (Fsp3) is 0.381. The molecule has 7 nitrogen and oxygen atoms in total. The largest absolute Gasteiger partial charge is 0.495 e. The summed E-state index contributed by atoms with van der Waals surface area (Å²) in [5.74, 6) is 1.06. The topological polar surface area (TPSA) is 84.9 Å². The van der Waals surface area contributed by atoms with Crippen LogP contribution in [0.5, 0.6) is 5.75 Å². The molecule has 0 saturated carbocycles. The Bertz CT molecular complexity index is 945. The lowest BCUT2D eigenvalue weighted by atomic mass is 10.2. The molecule has 1 N–H and O–H groups in total. The van der Waals surface area contributed by atoms with Crippen LogP contribution in [0.2, 0.25) is 0 Å². The van der Waals surface area contributed by atoms with Crippen molar-refractivity contribution in [3.8, 4) is 5.75 Å². The molecule has 0 aromatic heterocycles. The smallest absolute Gasteiger partial charge is 0.243 e. The molecule has 3 rings (SSSR count). The van der Waals surface area contributed by atoms with Crippen LogP contribution in [0.15, 0.2) is 58.3 Å². The van der Waals surface area contributed by atoms with Crippen LogP contribution in [0.4, 0.5) is 5.69 Å². The molecule has 2 aromatic carbocycles. The Balaban J connectivity index is 1.61. The molecule has 1 amide bonds. The van der Waals surface area contributed by atoms with Gasteiger partial charge in [-0.25, -0.2) is 8.42 Å². The molecule has 0 spiro atoms. The summed E-state index contributed by atoms with van der Waals surface area (Å²) in [6.45, 7) is 1.38. The zero-order valence-corrected chi connectivity index (χ0v) is 18.5. The lowest BCUT2D eigenvalue weighted by Gasteiger charge is -2.26. The number of hydrogen-bond acceptors (Lipinski definition) is 6. The summed E-state index contributed by atoms with van der Waals surface area (Å²) < 4.78 is 37.7. The van der Waals surface area contributed by atoms with Crippen molar-refractivity contribution < 1.29 is 22.7 Å². The summed E-state index contributed by atoms with van der Waals surface area (Å²) >= 11 is 1.70. The minimum absolute atomic E-state index is 0.125. The molecule has 1 aliphatic rings. The highest BCUT2D eigenvalue weighted by Crippen LogP contribution is 2.29. The zero-order chi connectivity index (χ0) is 21.4. The van der Waals surface area contributed by atoms with E-state index in [9.17, 15) is 13.2 Å². The van der Waals surface area contributed by atoms with Crippen molar-refractivity contribution in [2.24, 2.45) is 0 Å². The van der Waals surface area contributed by atoms with E-state index in [4.69, 9.17) is 9.47 Å². The Morgan fingerprint density at radius 3 is 2.60 bits per heavy atom. The van der Waals surface area contributed by atoms with Crippen molar-refractivity contribution in [1.82, 2.24) is 4.31 Å². The molecule has 0 radical (unpaired) electrons. The highest BCUT2D eigenvalue weighted by Gasteiger charge is 2.27. The molecule has 1 aliphatic heterocycles. The van der Waals surface area contributed by atoms with Crippen LogP contribution in [0.1, 0.15) is 12.8 Å². The van der Waals surface area contributed by atoms with Crippen molar-refractivity contribution >= 4 is 33.4 Å². The number of morpholine rings is 1. The second-order valence-electron chi connectivity index (χ2n) is 6.69. The number of sulfonamides is 1. The number of nitrogens with one attached hydrogen (secondary N) is 1. The van der Waals surface area contributed by atoms with Gasteiger partial charge in [-0.05, 0) is 42.5 Å². The number of carbonyl (C=O) groups excluding carboxylic acids is 1. The van der Waals surface area contributed by atoms with Crippen LogP contribution < -0.4 is 10.1 Å². The number of nitrogens with zero attached hydrogens (tertiary/aromatic N) is 1. The van der Waals surface area contributed by atoms with Crippen LogP contribution in [0, 0.1) is 0 Å². The van der Waals surface area contributed by atoms with Gasteiger partial charge in [0.05, 0.1) is 30.9 Å². The maximum atomic E-state index is 12.9. The minimum atomic E-state index is -3.65. The predicted octanol–water partition coefficient (Wildman–Crippen LogP) is 3.23. The molecule has 9 heteroatoms. The number of anilines is 1. The summed E-state index contributed by atoms with van der Waals surface area (Å²) in [5, 5.41) is 2.79. The number of ether oxygens (including phenoxy) is 2. The van der Waals surface area contributed by atoms with E-state index in [1.54, 1.807) is 17.8 Å². The van der Waals surface area contributed by atoms with Gasteiger partial charge in [-0.2, -0.15) is 4.31 Å². The predicted molar refractivity (Wildman–Crippen MR) is 118 cm³/mol. The van der Waals surface area contributed by atoms with Gasteiger partial charge in [-0.1, -0.05) is 18.2 Å². The second kappa shape index (κ2) is 10.8. The molecule has 2 aromatic rings. The molecule has 1 fully saturated rings. The van der Waals surface area contributed by atoms with Crippen molar-refractivity contribution in [2.75, 3.05) is 44.5 Å². The van der Waals surface area contributed by atoms with Gasteiger partial charge in [0.2, 0.25) is 15.9 Å². The van der Waals surface area contributed by atoms with E-state index in [-0.39, 0.29) is 10.8 Å². The van der Waals surface area contributed by atoms with Crippen LogP contribution >= 0.6 is 11.8 Å². The standard InChI is InChI=1S/C21H26N2O5S2/c1-27-20-10-9-18(30(25,26)23-11-13-28-14-12-23)16-19(20)22-21(24)8-5-15-29-17-6-3-2-4-7-17/h2-4,6-7,9-10,16H,5,8,11-15H2,1H3,(H,22,24). The van der Waals surface area contributed by atoms with E-state index in [0.29, 0.717) is 50.6 Å². The highest BCUT2D eigenvalue weighted by atomic mass is 32.2. The Morgan fingerprint density at radius 1 is 1.17 bits per heavy atom. The van der Waals surface area contributed by atoms with E-state index in [2.05, 4.69) is 5.32 Å². The van der Waals surface area contributed by atoms with Gasteiger partial charge >= 0.3 is 0 Å². The normalized spacial score (nSPS) is 15.0. The van der Waals surface area contributed by atoms with E-state index >= 15 is 0 Å². The first-order chi connectivity index (χ1) is 14.5. The summed E-state index contributed by atoms with van der Waals surface area (Å²) in [6, 6.07) is 14.5. The van der Waals surface area contributed by atoms with Crippen molar-refractivity contribution in [3.05, 3.63) is 48.5 Å². The fourth-order valence-corrected chi connectivity index (χ4v) is 5.34. The number of hydrogen-bond donors (Lipinski definition) is 1. The SMILES string of the molecule is COc1ccc(S(=O)(=O)N2CCOCC2)cc1NC(=O)CCCSc1ccccc1. The lowest BCUT2D eigenvalue weighted by Crippen LogP contribution is -2.40. The first-order valence-electron chi connectivity index (χ1n) is 9.74. The molecule has 162 valence electrons. The number of benzene rings is 2. The molecular formula is C21H26N2O5S2. The number of methoxy groups -OCH3 is 1. The first-order valence-corrected chi connectivity index (χ1v) is 12.2. The van der Waals surface area contributed by atoms with E-state index in [1.807, 2.05) is 30.3 Å². The van der Waals surface area contributed by atoms with Gasteiger partial charge in [-0.3, -0.25) is 4.79 Å². The number of thioether (sulfide) groups is 1. The number of carbonyl (C=O) groups is 1. The Kier molecular flexibility index (Phi) is 8.15. The van der Waals surface area contributed by atoms with Crippen molar-refractivity contribution in [1.29, 1.82) is 0 Å².